The predicted octanol–water partition coefficient (Wildman–Crippen LogP) is 9.86. The minimum atomic E-state index is -0.165. The van der Waals surface area contributed by atoms with Gasteiger partial charge in [-0.2, -0.15) is 0 Å². The second-order valence-corrected chi connectivity index (χ2v) is 16.7. The molecule has 2 fully saturated rings. The van der Waals surface area contributed by atoms with Crippen molar-refractivity contribution in [2.45, 2.75) is 136 Å². The van der Waals surface area contributed by atoms with Crippen molar-refractivity contribution in [3.63, 3.8) is 0 Å². The summed E-state index contributed by atoms with van der Waals surface area (Å²) in [6, 6.07) is 9.28. The summed E-state index contributed by atoms with van der Waals surface area (Å²) in [4.78, 5) is 0. The molecule has 210 valence electrons. The Hall–Kier alpha value is -1.96. The van der Waals surface area contributed by atoms with Gasteiger partial charge >= 0.3 is 0 Å². The topological polar surface area (TPSA) is 40.5 Å². The fourth-order valence-corrected chi connectivity index (χ4v) is 7.35. The molecular weight excluding hydrogens is 464 g/mol. The summed E-state index contributed by atoms with van der Waals surface area (Å²) >= 11 is 0. The van der Waals surface area contributed by atoms with Crippen LogP contribution in [0.25, 0.3) is 0 Å². The van der Waals surface area contributed by atoms with E-state index in [1.54, 1.807) is 0 Å². The van der Waals surface area contributed by atoms with Gasteiger partial charge in [-0.3, -0.25) is 0 Å². The Morgan fingerprint density at radius 2 is 0.895 bits per heavy atom. The maximum atomic E-state index is 11.5. The minimum absolute atomic E-state index is 0.165. The molecule has 2 aromatic rings. The molecule has 2 aliphatic carbocycles. The molecule has 2 aromatic carbocycles. The molecule has 2 aliphatic rings. The Morgan fingerprint density at radius 3 is 1.13 bits per heavy atom. The Balaban J connectivity index is 2.05. The number of aromatic hydroxyl groups is 2. The molecule has 2 bridgehead atoms. The second-order valence-electron chi connectivity index (χ2n) is 16.7. The number of rotatable bonds is 3. The number of fused-ring (bicyclic) bond motifs is 2. The molecule has 2 N–H and O–H groups in total. The third kappa shape index (κ3) is 5.39. The van der Waals surface area contributed by atoms with Gasteiger partial charge in [0.15, 0.2) is 0 Å². The molecule has 3 unspecified atom stereocenters. The average molecular weight is 519 g/mol. The largest absolute Gasteiger partial charge is 0.507 e. The zero-order valence-electron chi connectivity index (χ0n) is 26.3. The fourth-order valence-electron chi connectivity index (χ4n) is 7.35. The Kier molecular flexibility index (Phi) is 7.11. The van der Waals surface area contributed by atoms with Crippen LogP contribution in [0.15, 0.2) is 24.3 Å². The number of benzene rings is 2. The first-order valence-electron chi connectivity index (χ1n) is 15.0. The third-order valence-corrected chi connectivity index (χ3v) is 9.44. The van der Waals surface area contributed by atoms with Gasteiger partial charge in [0.1, 0.15) is 11.5 Å². The van der Waals surface area contributed by atoms with E-state index in [2.05, 4.69) is 107 Å². The van der Waals surface area contributed by atoms with Crippen LogP contribution in [0.1, 0.15) is 148 Å². The number of hydrogen-bond acceptors (Lipinski definition) is 2. The maximum Gasteiger partial charge on any atom is 0.123 e. The summed E-state index contributed by atoms with van der Waals surface area (Å²) in [6.07, 6.45) is 5.34. The molecule has 0 aliphatic heterocycles. The number of phenolic OH excluding ortho intramolecular Hbond substituents is 2. The Labute approximate surface area is 233 Å². The SMILES string of the molecule is CC(C)(C)c1cc(C(c2cc(C(C)(C)C)c(O)c(C(C)(C)C)c2)C2CC3CCC2C3)cc(C(C)(C)C)c1O. The van der Waals surface area contributed by atoms with Crippen molar-refractivity contribution >= 4 is 0 Å². The monoisotopic (exact) mass is 518 g/mol. The van der Waals surface area contributed by atoms with Gasteiger partial charge in [0.2, 0.25) is 0 Å². The first-order chi connectivity index (χ1) is 17.2. The van der Waals surface area contributed by atoms with Crippen molar-refractivity contribution in [3.8, 4) is 11.5 Å². The van der Waals surface area contributed by atoms with Crippen LogP contribution in [-0.2, 0) is 21.7 Å². The van der Waals surface area contributed by atoms with Crippen molar-refractivity contribution in [2.24, 2.45) is 17.8 Å². The van der Waals surface area contributed by atoms with Crippen LogP contribution >= 0.6 is 0 Å². The van der Waals surface area contributed by atoms with E-state index in [1.165, 1.54) is 36.8 Å². The van der Waals surface area contributed by atoms with E-state index in [0.717, 1.165) is 34.1 Å². The van der Waals surface area contributed by atoms with E-state index in [-0.39, 0.29) is 27.6 Å². The molecule has 0 spiro atoms. The van der Waals surface area contributed by atoms with Crippen LogP contribution in [0.4, 0.5) is 0 Å². The van der Waals surface area contributed by atoms with Gasteiger partial charge in [0.25, 0.3) is 0 Å². The van der Waals surface area contributed by atoms with Crippen LogP contribution in [0.2, 0.25) is 0 Å². The summed E-state index contributed by atoms with van der Waals surface area (Å²) in [5, 5.41) is 23.0. The number of phenols is 2. The highest BCUT2D eigenvalue weighted by Crippen LogP contribution is 2.56. The highest BCUT2D eigenvalue weighted by Gasteiger charge is 2.45. The summed E-state index contributed by atoms with van der Waals surface area (Å²) in [7, 11) is 0. The quantitative estimate of drug-likeness (QED) is 0.424. The summed E-state index contributed by atoms with van der Waals surface area (Å²) in [6.45, 7) is 26.5. The lowest BCUT2D eigenvalue weighted by Gasteiger charge is -2.36. The predicted molar refractivity (Wildman–Crippen MR) is 162 cm³/mol. The second kappa shape index (κ2) is 9.31. The standard InChI is InChI=1S/C36H54O2/c1-33(2,3)26-17-23(18-27(31(26)37)34(4,5)6)30(25-16-21-13-14-22(25)15-21)24-19-28(35(7,8)9)32(38)29(20-24)36(10,11)12/h17-22,25,30,37-38H,13-16H2,1-12H3. The van der Waals surface area contributed by atoms with Gasteiger partial charge in [-0.25, -0.2) is 0 Å². The number of hydrogen-bond donors (Lipinski definition) is 2. The molecule has 3 atom stereocenters. The minimum Gasteiger partial charge on any atom is -0.507 e. The molecule has 0 amide bonds. The van der Waals surface area contributed by atoms with Gasteiger partial charge in [0.05, 0.1) is 0 Å². The van der Waals surface area contributed by atoms with Crippen LogP contribution in [0, 0.1) is 17.8 Å². The normalized spacial score (nSPS) is 22.5. The Morgan fingerprint density at radius 1 is 0.553 bits per heavy atom. The smallest absolute Gasteiger partial charge is 0.123 e. The zero-order chi connectivity index (χ0) is 28.6. The van der Waals surface area contributed by atoms with Crippen molar-refractivity contribution in [2.75, 3.05) is 0 Å². The zero-order valence-corrected chi connectivity index (χ0v) is 26.3. The summed E-state index contributed by atoms with van der Waals surface area (Å²) in [5.41, 5.74) is 6.17. The molecule has 2 saturated carbocycles. The van der Waals surface area contributed by atoms with Crippen molar-refractivity contribution in [1.29, 1.82) is 0 Å². The van der Waals surface area contributed by atoms with Gasteiger partial charge < -0.3 is 10.2 Å². The van der Waals surface area contributed by atoms with E-state index in [0.29, 0.717) is 17.4 Å². The summed E-state index contributed by atoms with van der Waals surface area (Å²) < 4.78 is 0. The van der Waals surface area contributed by atoms with Gasteiger partial charge in [0, 0.05) is 5.92 Å². The van der Waals surface area contributed by atoms with E-state index in [1.807, 2.05) is 0 Å². The van der Waals surface area contributed by atoms with Gasteiger partial charge in [-0.1, -0.05) is 114 Å². The molecule has 2 heteroatoms. The van der Waals surface area contributed by atoms with Crippen LogP contribution in [0.5, 0.6) is 11.5 Å². The molecule has 38 heavy (non-hydrogen) atoms. The lowest BCUT2D eigenvalue weighted by Crippen LogP contribution is -2.25. The average Bonchev–Trinajstić information content (AvgIpc) is 3.36. The summed E-state index contributed by atoms with van der Waals surface area (Å²) in [5.74, 6) is 3.34. The maximum absolute atomic E-state index is 11.5. The third-order valence-electron chi connectivity index (χ3n) is 9.44. The molecule has 0 heterocycles. The molecule has 4 rings (SSSR count). The molecule has 2 nitrogen and oxygen atoms in total. The molecule has 0 aromatic heterocycles. The first kappa shape index (κ1) is 29.0. The Bertz CT molecular complexity index is 1040. The van der Waals surface area contributed by atoms with Crippen LogP contribution < -0.4 is 0 Å². The molecular formula is C36H54O2. The highest BCUT2D eigenvalue weighted by atomic mass is 16.3. The highest BCUT2D eigenvalue weighted by molar-refractivity contribution is 5.55. The van der Waals surface area contributed by atoms with Gasteiger partial charge in [-0.15, -0.1) is 0 Å². The van der Waals surface area contributed by atoms with E-state index >= 15 is 0 Å². The first-order valence-corrected chi connectivity index (χ1v) is 15.0. The van der Waals surface area contributed by atoms with Gasteiger partial charge in [-0.05, 0) is 92.1 Å². The van der Waals surface area contributed by atoms with Crippen LogP contribution in [-0.4, -0.2) is 10.2 Å². The van der Waals surface area contributed by atoms with Crippen molar-refractivity contribution in [1.82, 2.24) is 0 Å². The lowest BCUT2D eigenvalue weighted by atomic mass is 9.68. The van der Waals surface area contributed by atoms with E-state index < -0.39 is 0 Å². The van der Waals surface area contributed by atoms with E-state index in [9.17, 15) is 10.2 Å². The van der Waals surface area contributed by atoms with Crippen LogP contribution in [0.3, 0.4) is 0 Å². The molecule has 0 saturated heterocycles. The fraction of sp³-hybridized carbons (Fsp3) is 0.667. The van der Waals surface area contributed by atoms with Crippen molar-refractivity contribution in [3.05, 3.63) is 57.6 Å². The lowest BCUT2D eigenvalue weighted by molar-refractivity contribution is 0.301. The van der Waals surface area contributed by atoms with Crippen molar-refractivity contribution < 1.29 is 10.2 Å². The van der Waals surface area contributed by atoms with E-state index in [4.69, 9.17) is 0 Å². The molecule has 0 radical (unpaired) electrons.